The Morgan fingerprint density at radius 1 is 1.33 bits per heavy atom. The molecule has 0 aliphatic carbocycles. The average molecular weight is 264 g/mol. The molecule has 1 aromatic carbocycles. The molecule has 0 aliphatic rings. The van der Waals surface area contributed by atoms with Crippen LogP contribution in [0.4, 0.5) is 0 Å². The molecule has 0 bridgehead atoms. The lowest BCUT2D eigenvalue weighted by molar-refractivity contribution is 1.60. The Labute approximate surface area is 90.0 Å². The van der Waals surface area contributed by atoms with E-state index in [1.54, 1.807) is 6.07 Å². The molecule has 62 valence electrons. The summed E-state index contributed by atoms with van der Waals surface area (Å²) in [6.07, 6.45) is 0. The number of rotatable bonds is 0. The highest BCUT2D eigenvalue weighted by molar-refractivity contribution is 9.10. The number of hydrogen-bond donors (Lipinski definition) is 0. The van der Waals surface area contributed by atoms with Crippen molar-refractivity contribution in [3.05, 3.63) is 33.3 Å². The maximum Gasteiger partial charge on any atom is 0.0839 e. The number of alkyl halides is 1. The van der Waals surface area contributed by atoms with Crippen LogP contribution in [0.1, 0.15) is 5.56 Å². The second-order valence-corrected chi connectivity index (χ2v) is 3.71. The molecule has 0 unspecified atom stereocenters. The summed E-state index contributed by atoms with van der Waals surface area (Å²) in [6.45, 7) is 0. The van der Waals surface area contributed by atoms with E-state index < -0.39 is 0 Å². The molecule has 0 aromatic heterocycles. The molecule has 0 amide bonds. The van der Waals surface area contributed by atoms with E-state index in [0.717, 1.165) is 10.0 Å². The third-order valence-corrected chi connectivity index (χ3v) is 1.97. The molecule has 1 aromatic rings. The van der Waals surface area contributed by atoms with Gasteiger partial charge in [0.15, 0.2) is 0 Å². The Bertz CT molecular complexity index is 316. The minimum absolute atomic E-state index is 0.337. The third kappa shape index (κ3) is 3.06. The molecule has 0 atom stereocenters. The van der Waals surface area contributed by atoms with E-state index in [4.69, 9.17) is 23.2 Å². The molecule has 12 heavy (non-hydrogen) atoms. The Balaban J connectivity index is 3.01. The summed E-state index contributed by atoms with van der Waals surface area (Å²) >= 11 is 14.5. The lowest BCUT2D eigenvalue weighted by Crippen LogP contribution is -1.75. The van der Waals surface area contributed by atoms with Gasteiger partial charge in [-0.2, -0.15) is 0 Å². The van der Waals surface area contributed by atoms with Crippen molar-refractivity contribution in [1.29, 1.82) is 0 Å². The van der Waals surface area contributed by atoms with Gasteiger partial charge in [-0.3, -0.25) is 0 Å². The average Bonchev–Trinajstić information content (AvgIpc) is 1.99. The van der Waals surface area contributed by atoms with Crippen LogP contribution in [0.5, 0.6) is 0 Å². The van der Waals surface area contributed by atoms with Crippen LogP contribution in [0, 0.1) is 11.8 Å². The summed E-state index contributed by atoms with van der Waals surface area (Å²) in [5, 5.41) is 0.670. The zero-order chi connectivity index (χ0) is 8.97. The van der Waals surface area contributed by atoms with E-state index in [0.29, 0.717) is 10.9 Å². The molecule has 0 fully saturated rings. The standard InChI is InChI=1S/C9H5BrCl2/c10-8-4-7(2-1-3-11)5-9(12)6-8/h4-6H,3H2. The molecule has 0 saturated carbocycles. The van der Waals surface area contributed by atoms with Crippen LogP contribution < -0.4 is 0 Å². The Kier molecular flexibility index (Phi) is 3.94. The summed E-state index contributed by atoms with van der Waals surface area (Å²) in [7, 11) is 0. The summed E-state index contributed by atoms with van der Waals surface area (Å²) < 4.78 is 0.925. The van der Waals surface area contributed by atoms with Gasteiger partial charge in [0.1, 0.15) is 0 Å². The van der Waals surface area contributed by atoms with Crippen molar-refractivity contribution in [1.82, 2.24) is 0 Å². The highest BCUT2D eigenvalue weighted by Gasteiger charge is 1.93. The second-order valence-electron chi connectivity index (χ2n) is 2.09. The smallest absolute Gasteiger partial charge is 0.0839 e. The van der Waals surface area contributed by atoms with Gasteiger partial charge in [-0.1, -0.05) is 39.4 Å². The van der Waals surface area contributed by atoms with Crippen LogP contribution in [0.25, 0.3) is 0 Å². The Hall–Kier alpha value is -0.160. The minimum Gasteiger partial charge on any atom is -0.113 e. The summed E-state index contributed by atoms with van der Waals surface area (Å²) in [5.74, 6) is 5.97. The van der Waals surface area contributed by atoms with Crippen molar-refractivity contribution < 1.29 is 0 Å². The van der Waals surface area contributed by atoms with Crippen molar-refractivity contribution in [3.8, 4) is 11.8 Å². The molecule has 0 nitrogen and oxygen atoms in total. The fraction of sp³-hybridized carbons (Fsp3) is 0.111. The molecule has 0 spiro atoms. The highest BCUT2D eigenvalue weighted by atomic mass is 79.9. The summed E-state index contributed by atoms with van der Waals surface area (Å²) in [5.41, 5.74) is 0.870. The van der Waals surface area contributed by atoms with E-state index in [1.165, 1.54) is 0 Å². The molecule has 3 heteroatoms. The molecule has 0 saturated heterocycles. The van der Waals surface area contributed by atoms with E-state index in [1.807, 2.05) is 12.1 Å². The third-order valence-electron chi connectivity index (χ3n) is 1.16. The van der Waals surface area contributed by atoms with Crippen molar-refractivity contribution in [3.63, 3.8) is 0 Å². The van der Waals surface area contributed by atoms with Gasteiger partial charge in [0, 0.05) is 15.1 Å². The lowest BCUT2D eigenvalue weighted by Gasteiger charge is -1.94. The number of hydrogen-bond acceptors (Lipinski definition) is 0. The fourth-order valence-electron chi connectivity index (χ4n) is 0.761. The van der Waals surface area contributed by atoms with Crippen LogP contribution in [0.2, 0.25) is 5.02 Å². The van der Waals surface area contributed by atoms with Gasteiger partial charge < -0.3 is 0 Å². The minimum atomic E-state index is 0.337. The van der Waals surface area contributed by atoms with Gasteiger partial charge in [-0.15, -0.1) is 11.6 Å². The van der Waals surface area contributed by atoms with Crippen LogP contribution >= 0.6 is 39.1 Å². The van der Waals surface area contributed by atoms with Gasteiger partial charge in [0.2, 0.25) is 0 Å². The predicted molar refractivity (Wildman–Crippen MR) is 56.8 cm³/mol. The van der Waals surface area contributed by atoms with Crippen molar-refractivity contribution in [2.45, 2.75) is 0 Å². The van der Waals surface area contributed by atoms with E-state index in [9.17, 15) is 0 Å². The monoisotopic (exact) mass is 262 g/mol. The topological polar surface area (TPSA) is 0 Å². The van der Waals surface area contributed by atoms with Gasteiger partial charge in [-0.25, -0.2) is 0 Å². The second kappa shape index (κ2) is 4.77. The first-order chi connectivity index (χ1) is 5.72. The molecule has 1 rings (SSSR count). The van der Waals surface area contributed by atoms with Crippen LogP contribution in [-0.4, -0.2) is 5.88 Å². The maximum absolute atomic E-state index is 5.80. The first-order valence-corrected chi connectivity index (χ1v) is 4.94. The normalized spacial score (nSPS) is 8.92. The summed E-state index contributed by atoms with van der Waals surface area (Å²) in [6, 6.07) is 5.50. The predicted octanol–water partition coefficient (Wildman–Crippen LogP) is 3.69. The number of halogens is 3. The van der Waals surface area contributed by atoms with Crippen molar-refractivity contribution in [2.75, 3.05) is 5.88 Å². The zero-order valence-corrected chi connectivity index (χ0v) is 9.17. The Morgan fingerprint density at radius 2 is 2.08 bits per heavy atom. The van der Waals surface area contributed by atoms with E-state index in [-0.39, 0.29) is 0 Å². The SMILES string of the molecule is ClCC#Cc1cc(Cl)cc(Br)c1. The number of benzene rings is 1. The van der Waals surface area contributed by atoms with Gasteiger partial charge in [-0.05, 0) is 18.2 Å². The first kappa shape index (κ1) is 9.92. The van der Waals surface area contributed by atoms with Gasteiger partial charge >= 0.3 is 0 Å². The fourth-order valence-corrected chi connectivity index (χ4v) is 1.69. The quantitative estimate of drug-likeness (QED) is 0.495. The highest BCUT2D eigenvalue weighted by Crippen LogP contribution is 2.18. The molecular weight excluding hydrogens is 259 g/mol. The summed E-state index contributed by atoms with van der Waals surface area (Å²) in [4.78, 5) is 0. The van der Waals surface area contributed by atoms with Gasteiger partial charge in [0.25, 0.3) is 0 Å². The zero-order valence-electron chi connectivity index (χ0n) is 6.07. The van der Waals surface area contributed by atoms with Crippen molar-refractivity contribution >= 4 is 39.1 Å². The largest absolute Gasteiger partial charge is 0.113 e. The van der Waals surface area contributed by atoms with E-state index in [2.05, 4.69) is 27.8 Å². The molecule has 0 N–H and O–H groups in total. The maximum atomic E-state index is 5.80. The van der Waals surface area contributed by atoms with Crippen LogP contribution in [0.3, 0.4) is 0 Å². The first-order valence-electron chi connectivity index (χ1n) is 3.23. The van der Waals surface area contributed by atoms with Crippen LogP contribution in [-0.2, 0) is 0 Å². The molecule has 0 radical (unpaired) electrons. The van der Waals surface area contributed by atoms with E-state index >= 15 is 0 Å². The molecular formula is C9H5BrCl2. The Morgan fingerprint density at radius 3 is 2.67 bits per heavy atom. The van der Waals surface area contributed by atoms with Gasteiger partial charge in [0.05, 0.1) is 5.88 Å². The van der Waals surface area contributed by atoms with Crippen LogP contribution in [0.15, 0.2) is 22.7 Å². The molecule has 0 heterocycles. The van der Waals surface area contributed by atoms with Crippen molar-refractivity contribution in [2.24, 2.45) is 0 Å². The lowest BCUT2D eigenvalue weighted by atomic mass is 10.2. The molecule has 0 aliphatic heterocycles.